The van der Waals surface area contributed by atoms with Gasteiger partial charge in [0.1, 0.15) is 19.3 Å². The number of allylic oxidation sites excluding steroid dienone is 10. The molecule has 0 aliphatic heterocycles. The number of carbonyl (C=O) groups is 1. The second-order valence-electron chi connectivity index (χ2n) is 12.2. The Hall–Kier alpha value is -1.80. The van der Waals surface area contributed by atoms with Crippen molar-refractivity contribution in [3.63, 3.8) is 0 Å². The summed E-state index contributed by atoms with van der Waals surface area (Å²) < 4.78 is 33.1. The average Bonchev–Trinajstić information content (AvgIpc) is 2.96. The van der Waals surface area contributed by atoms with E-state index in [4.69, 9.17) is 18.5 Å². The van der Waals surface area contributed by atoms with Crippen LogP contribution in [-0.2, 0) is 27.9 Å². The van der Waals surface area contributed by atoms with Crippen LogP contribution in [0.4, 0.5) is 0 Å². The van der Waals surface area contributed by atoms with Crippen LogP contribution in [0.15, 0.2) is 60.8 Å². The average molecular weight is 654 g/mol. The SMILES string of the molecule is CC/C=C\C/C=C\C/C=C\C/C=C\C/C=C\CCCCCCCCCCOCC(COP(=O)([O-])OCC[N+](C)(C)C)OC(C)=O. The molecule has 9 heteroatoms. The largest absolute Gasteiger partial charge is 0.756 e. The summed E-state index contributed by atoms with van der Waals surface area (Å²) in [7, 11) is 1.33. The van der Waals surface area contributed by atoms with Gasteiger partial charge >= 0.3 is 5.97 Å². The smallest absolute Gasteiger partial charge is 0.303 e. The first-order valence-electron chi connectivity index (χ1n) is 17.0. The van der Waals surface area contributed by atoms with Crippen LogP contribution in [0.25, 0.3) is 0 Å². The third-order valence-electron chi connectivity index (χ3n) is 6.63. The molecule has 0 aromatic heterocycles. The van der Waals surface area contributed by atoms with Crippen molar-refractivity contribution in [3.05, 3.63) is 60.8 Å². The van der Waals surface area contributed by atoms with Crippen molar-refractivity contribution in [2.45, 2.75) is 110 Å². The molecule has 0 N–H and O–H groups in total. The van der Waals surface area contributed by atoms with E-state index in [1.165, 1.54) is 45.4 Å². The lowest BCUT2D eigenvalue weighted by Crippen LogP contribution is -2.37. The van der Waals surface area contributed by atoms with Gasteiger partial charge in [-0.2, -0.15) is 0 Å². The molecule has 2 unspecified atom stereocenters. The fourth-order valence-corrected chi connectivity index (χ4v) is 4.83. The number of phosphoric ester groups is 1. The highest BCUT2D eigenvalue weighted by molar-refractivity contribution is 7.45. The Labute approximate surface area is 275 Å². The fourth-order valence-electron chi connectivity index (χ4n) is 4.10. The minimum Gasteiger partial charge on any atom is -0.756 e. The Morgan fingerprint density at radius 2 is 1.18 bits per heavy atom. The Balaban J connectivity index is 3.72. The molecule has 260 valence electrons. The van der Waals surface area contributed by atoms with Gasteiger partial charge in [0.25, 0.3) is 7.82 Å². The maximum absolute atomic E-state index is 12.0. The van der Waals surface area contributed by atoms with Crippen LogP contribution in [0.1, 0.15) is 104 Å². The fraction of sp³-hybridized carbons (Fsp3) is 0.694. The molecule has 0 spiro atoms. The van der Waals surface area contributed by atoms with Gasteiger partial charge in [-0.25, -0.2) is 0 Å². The molecule has 0 saturated carbocycles. The molecule has 2 atom stereocenters. The third-order valence-corrected chi connectivity index (χ3v) is 7.60. The second kappa shape index (κ2) is 29.6. The molecule has 0 aliphatic carbocycles. The molecule has 0 aliphatic rings. The molecule has 0 aromatic carbocycles. The van der Waals surface area contributed by atoms with Crippen LogP contribution >= 0.6 is 7.82 Å². The molecular weight excluding hydrogens is 589 g/mol. The summed E-state index contributed by atoms with van der Waals surface area (Å²) in [5, 5.41) is 0. The van der Waals surface area contributed by atoms with E-state index in [9.17, 15) is 14.3 Å². The summed E-state index contributed by atoms with van der Waals surface area (Å²) in [5.74, 6) is -0.517. The number of nitrogens with zero attached hydrogens (tertiary/aromatic N) is 1. The number of likely N-dealkylation sites (N-methyl/N-ethyl adjacent to an activating group) is 1. The number of phosphoric acid groups is 1. The molecule has 0 fully saturated rings. The van der Waals surface area contributed by atoms with Crippen molar-refractivity contribution in [2.24, 2.45) is 0 Å². The van der Waals surface area contributed by atoms with Crippen molar-refractivity contribution in [1.29, 1.82) is 0 Å². The maximum Gasteiger partial charge on any atom is 0.303 e. The third kappa shape index (κ3) is 34.9. The molecule has 8 nitrogen and oxygen atoms in total. The van der Waals surface area contributed by atoms with Gasteiger partial charge in [0, 0.05) is 13.5 Å². The predicted molar refractivity (Wildman–Crippen MR) is 185 cm³/mol. The lowest BCUT2D eigenvalue weighted by molar-refractivity contribution is -0.870. The zero-order valence-electron chi connectivity index (χ0n) is 29.0. The predicted octanol–water partition coefficient (Wildman–Crippen LogP) is 8.40. The summed E-state index contributed by atoms with van der Waals surface area (Å²) in [5.41, 5.74) is 0. The van der Waals surface area contributed by atoms with Gasteiger partial charge in [-0.15, -0.1) is 0 Å². The van der Waals surface area contributed by atoms with Gasteiger partial charge in [0.2, 0.25) is 0 Å². The van der Waals surface area contributed by atoms with E-state index in [1.54, 1.807) is 0 Å². The first-order chi connectivity index (χ1) is 21.6. The highest BCUT2D eigenvalue weighted by Crippen LogP contribution is 2.38. The number of rotatable bonds is 30. The summed E-state index contributed by atoms with van der Waals surface area (Å²) in [6, 6.07) is 0. The van der Waals surface area contributed by atoms with Crippen molar-refractivity contribution < 1.29 is 37.3 Å². The normalized spacial score (nSPS) is 14.9. The van der Waals surface area contributed by atoms with Crippen LogP contribution < -0.4 is 4.89 Å². The number of hydrogen-bond acceptors (Lipinski definition) is 7. The summed E-state index contributed by atoms with van der Waals surface area (Å²) in [6.45, 7) is 4.23. The van der Waals surface area contributed by atoms with Crippen molar-refractivity contribution in [1.82, 2.24) is 0 Å². The highest BCUT2D eigenvalue weighted by atomic mass is 31.2. The van der Waals surface area contributed by atoms with Gasteiger partial charge in [-0.1, -0.05) is 106 Å². The van der Waals surface area contributed by atoms with Crippen LogP contribution in [0.2, 0.25) is 0 Å². The zero-order chi connectivity index (χ0) is 33.5. The van der Waals surface area contributed by atoms with E-state index in [1.807, 2.05) is 21.1 Å². The molecule has 0 rings (SSSR count). The Morgan fingerprint density at radius 1 is 0.689 bits per heavy atom. The minimum absolute atomic E-state index is 0.0180. The van der Waals surface area contributed by atoms with Crippen LogP contribution in [-0.4, -0.2) is 70.7 Å². The Morgan fingerprint density at radius 3 is 1.69 bits per heavy atom. The number of hydrogen-bond donors (Lipinski definition) is 0. The molecule has 0 heterocycles. The molecular formula is C36H64NO7P. The summed E-state index contributed by atoms with van der Waals surface area (Å²) in [6.07, 6.45) is 37.3. The van der Waals surface area contributed by atoms with Crippen LogP contribution in [0.5, 0.6) is 0 Å². The number of esters is 1. The maximum atomic E-state index is 12.0. The standard InChI is InChI=1S/C36H64NO7P/c1-6-7-8-9-10-11-12-13-14-15-16-17-18-19-20-21-22-23-24-25-26-27-28-29-31-41-33-36(44-35(2)38)34-43-45(39,40)42-32-30-37(3,4)5/h7-8,10-11,13-14,16-17,19-20,36H,6,9,12,15,18,21-34H2,1-5H3/b8-7-,11-10-,14-13-,17-16-,20-19-. The lowest BCUT2D eigenvalue weighted by atomic mass is 10.1. The van der Waals surface area contributed by atoms with Crippen molar-refractivity contribution in [2.75, 3.05) is 54.1 Å². The first kappa shape index (κ1) is 43.2. The van der Waals surface area contributed by atoms with Gasteiger partial charge in [0.15, 0.2) is 0 Å². The molecule has 0 radical (unpaired) electrons. The van der Waals surface area contributed by atoms with E-state index in [2.05, 4.69) is 67.7 Å². The van der Waals surface area contributed by atoms with E-state index in [-0.39, 0.29) is 19.8 Å². The number of ether oxygens (including phenoxy) is 2. The molecule has 0 amide bonds. The summed E-state index contributed by atoms with van der Waals surface area (Å²) >= 11 is 0. The molecule has 45 heavy (non-hydrogen) atoms. The molecule has 0 saturated heterocycles. The van der Waals surface area contributed by atoms with Gasteiger partial charge in [-0.3, -0.25) is 9.36 Å². The topological polar surface area (TPSA) is 94.1 Å². The number of unbranched alkanes of at least 4 members (excludes halogenated alkanes) is 8. The first-order valence-corrected chi connectivity index (χ1v) is 18.4. The zero-order valence-corrected chi connectivity index (χ0v) is 29.9. The summed E-state index contributed by atoms with van der Waals surface area (Å²) in [4.78, 5) is 23.4. The van der Waals surface area contributed by atoms with Crippen molar-refractivity contribution in [3.8, 4) is 0 Å². The molecule has 0 bridgehead atoms. The number of quaternary nitrogens is 1. The Kier molecular flexibility index (Phi) is 28.4. The van der Waals surface area contributed by atoms with Gasteiger partial charge in [-0.05, 0) is 51.4 Å². The molecule has 0 aromatic rings. The number of carbonyl (C=O) groups excluding carboxylic acids is 1. The van der Waals surface area contributed by atoms with Gasteiger partial charge in [0.05, 0.1) is 34.4 Å². The minimum atomic E-state index is -4.48. The van der Waals surface area contributed by atoms with Crippen LogP contribution in [0.3, 0.4) is 0 Å². The van der Waals surface area contributed by atoms with E-state index < -0.39 is 19.9 Å². The monoisotopic (exact) mass is 653 g/mol. The van der Waals surface area contributed by atoms with Gasteiger partial charge < -0.3 is 27.9 Å². The van der Waals surface area contributed by atoms with E-state index in [0.717, 1.165) is 51.4 Å². The van der Waals surface area contributed by atoms with Crippen molar-refractivity contribution >= 4 is 13.8 Å². The highest BCUT2D eigenvalue weighted by Gasteiger charge is 2.19. The second-order valence-corrected chi connectivity index (χ2v) is 13.6. The quantitative estimate of drug-likeness (QED) is 0.0253. The lowest BCUT2D eigenvalue weighted by Gasteiger charge is -2.28. The van der Waals surface area contributed by atoms with E-state index >= 15 is 0 Å². The Bertz CT molecular complexity index is 906. The van der Waals surface area contributed by atoms with E-state index in [0.29, 0.717) is 17.6 Å². The van der Waals surface area contributed by atoms with Crippen LogP contribution in [0, 0.1) is 0 Å².